The largest absolute Gasteiger partial charge is 0.331 e. The molecular weight excluding hydrogens is 374 g/mol. The number of aliphatic imine (C=N–C) groups is 1. The van der Waals surface area contributed by atoms with Crippen molar-refractivity contribution >= 4 is 23.7 Å². The number of carbonyl (C=O) groups is 2. The fraction of sp³-hybridized carbons (Fsp3) is 0.400. The number of imide groups is 1. The Balaban J connectivity index is 1.69. The first-order valence-corrected chi connectivity index (χ1v) is 10.9. The van der Waals surface area contributed by atoms with Crippen LogP contribution in [0.15, 0.2) is 47.5 Å². The van der Waals surface area contributed by atoms with Crippen LogP contribution in [0.3, 0.4) is 0 Å². The number of fused-ring (bicyclic) bond motifs is 1. The molecular formula is C25H30N3O2+. The summed E-state index contributed by atoms with van der Waals surface area (Å²) in [5.41, 5.74) is 3.86. The van der Waals surface area contributed by atoms with Gasteiger partial charge in [0.05, 0.1) is 31.2 Å². The predicted molar refractivity (Wildman–Crippen MR) is 120 cm³/mol. The van der Waals surface area contributed by atoms with E-state index in [1.54, 1.807) is 11.1 Å². The second kappa shape index (κ2) is 8.52. The lowest BCUT2D eigenvalue weighted by molar-refractivity contribution is -0.908. The summed E-state index contributed by atoms with van der Waals surface area (Å²) in [6.45, 7) is 9.14. The Kier molecular flexibility index (Phi) is 5.82. The molecule has 30 heavy (non-hydrogen) atoms. The average Bonchev–Trinajstić information content (AvgIpc) is 3.20. The Morgan fingerprint density at radius 2 is 1.83 bits per heavy atom. The number of nitrogens with one attached hydrogen (secondary N) is 1. The third-order valence-electron chi connectivity index (χ3n) is 6.54. The van der Waals surface area contributed by atoms with Gasteiger partial charge in [0.1, 0.15) is 6.04 Å². The van der Waals surface area contributed by atoms with Crippen LogP contribution in [0.2, 0.25) is 0 Å². The van der Waals surface area contributed by atoms with Crippen molar-refractivity contribution in [3.8, 4) is 0 Å². The fourth-order valence-corrected chi connectivity index (χ4v) is 4.93. The van der Waals surface area contributed by atoms with Crippen molar-refractivity contribution in [3.63, 3.8) is 0 Å². The SMILES string of the molecule is CC[NH+]1CCC[C@H]1CN=CC1C(=O)N(c2c(C)cccc2C)C(=O)c2ccccc21. The lowest BCUT2D eigenvalue weighted by Crippen LogP contribution is -3.13. The minimum Gasteiger partial charge on any atom is -0.331 e. The molecule has 0 spiro atoms. The summed E-state index contributed by atoms with van der Waals surface area (Å²) in [4.78, 5) is 34.5. The number of amides is 2. The number of carbonyl (C=O) groups excluding carboxylic acids is 2. The van der Waals surface area contributed by atoms with Crippen molar-refractivity contribution in [1.82, 2.24) is 0 Å². The van der Waals surface area contributed by atoms with Gasteiger partial charge in [-0.15, -0.1) is 0 Å². The predicted octanol–water partition coefficient (Wildman–Crippen LogP) is 2.71. The van der Waals surface area contributed by atoms with Crippen molar-refractivity contribution < 1.29 is 14.5 Å². The normalized spacial score (nSPS) is 24.0. The van der Waals surface area contributed by atoms with Crippen LogP contribution in [-0.2, 0) is 4.79 Å². The van der Waals surface area contributed by atoms with Gasteiger partial charge in [0.15, 0.2) is 0 Å². The van der Waals surface area contributed by atoms with Crippen molar-refractivity contribution in [1.29, 1.82) is 0 Å². The Morgan fingerprint density at radius 3 is 2.57 bits per heavy atom. The number of benzene rings is 2. The molecule has 156 valence electrons. The fourth-order valence-electron chi connectivity index (χ4n) is 4.93. The topological polar surface area (TPSA) is 54.2 Å². The highest BCUT2D eigenvalue weighted by molar-refractivity contribution is 6.29. The number of quaternary nitrogens is 1. The first-order chi connectivity index (χ1) is 14.5. The zero-order chi connectivity index (χ0) is 21.3. The Bertz CT molecular complexity index is 977. The number of anilines is 1. The highest BCUT2D eigenvalue weighted by Gasteiger charge is 2.40. The molecule has 2 aromatic rings. The molecule has 2 aliphatic rings. The number of likely N-dealkylation sites (N-methyl/N-ethyl adjacent to an activating group) is 1. The Labute approximate surface area is 178 Å². The van der Waals surface area contributed by atoms with Gasteiger partial charge in [0, 0.05) is 24.6 Å². The monoisotopic (exact) mass is 404 g/mol. The van der Waals surface area contributed by atoms with Gasteiger partial charge in [-0.2, -0.15) is 0 Å². The molecule has 5 nitrogen and oxygen atoms in total. The smallest absolute Gasteiger partial charge is 0.265 e. The van der Waals surface area contributed by atoms with E-state index in [-0.39, 0.29) is 11.8 Å². The van der Waals surface area contributed by atoms with Crippen LogP contribution in [-0.4, -0.2) is 43.7 Å². The van der Waals surface area contributed by atoms with E-state index in [1.165, 1.54) is 24.3 Å². The zero-order valence-corrected chi connectivity index (χ0v) is 18.0. The lowest BCUT2D eigenvalue weighted by Gasteiger charge is -2.32. The third kappa shape index (κ3) is 3.58. The van der Waals surface area contributed by atoms with E-state index in [2.05, 4.69) is 6.92 Å². The summed E-state index contributed by atoms with van der Waals surface area (Å²) in [6, 6.07) is 13.8. The van der Waals surface area contributed by atoms with Crippen LogP contribution in [0, 0.1) is 13.8 Å². The van der Waals surface area contributed by atoms with E-state index in [4.69, 9.17) is 4.99 Å². The number of hydrogen-bond acceptors (Lipinski definition) is 3. The highest BCUT2D eigenvalue weighted by Crippen LogP contribution is 2.35. The average molecular weight is 405 g/mol. The summed E-state index contributed by atoms with van der Waals surface area (Å²) >= 11 is 0. The van der Waals surface area contributed by atoms with Gasteiger partial charge >= 0.3 is 0 Å². The van der Waals surface area contributed by atoms with Crippen molar-refractivity contribution in [2.45, 2.75) is 45.6 Å². The first-order valence-electron chi connectivity index (χ1n) is 10.9. The number of likely N-dealkylation sites (tertiary alicyclic amines) is 1. The van der Waals surface area contributed by atoms with Crippen LogP contribution in [0.25, 0.3) is 0 Å². The lowest BCUT2D eigenvalue weighted by atomic mass is 9.88. The van der Waals surface area contributed by atoms with Gasteiger partial charge in [-0.25, -0.2) is 4.90 Å². The minimum atomic E-state index is -0.538. The van der Waals surface area contributed by atoms with E-state index < -0.39 is 5.92 Å². The van der Waals surface area contributed by atoms with Crippen LogP contribution in [0.1, 0.15) is 52.7 Å². The Morgan fingerprint density at radius 1 is 1.10 bits per heavy atom. The highest BCUT2D eigenvalue weighted by atomic mass is 16.2. The molecule has 2 amide bonds. The summed E-state index contributed by atoms with van der Waals surface area (Å²) in [7, 11) is 0. The second-order valence-corrected chi connectivity index (χ2v) is 8.40. The molecule has 1 saturated heterocycles. The molecule has 2 aliphatic heterocycles. The van der Waals surface area contributed by atoms with E-state index >= 15 is 0 Å². The molecule has 1 fully saturated rings. The van der Waals surface area contributed by atoms with Crippen molar-refractivity contribution in [2.75, 3.05) is 24.5 Å². The van der Waals surface area contributed by atoms with Crippen LogP contribution < -0.4 is 9.80 Å². The summed E-state index contributed by atoms with van der Waals surface area (Å²) in [6.07, 6.45) is 4.20. The van der Waals surface area contributed by atoms with Gasteiger partial charge in [-0.1, -0.05) is 36.4 Å². The third-order valence-corrected chi connectivity index (χ3v) is 6.54. The number of nitrogens with zero attached hydrogens (tertiary/aromatic N) is 2. The van der Waals surface area contributed by atoms with Gasteiger partial charge in [-0.05, 0) is 43.5 Å². The number of rotatable bonds is 5. The molecule has 4 rings (SSSR count). The van der Waals surface area contributed by atoms with Crippen molar-refractivity contribution in [3.05, 3.63) is 64.7 Å². The zero-order valence-electron chi connectivity index (χ0n) is 18.0. The number of hydrogen-bond donors (Lipinski definition) is 1. The number of para-hydroxylation sites is 1. The molecule has 0 aromatic heterocycles. The van der Waals surface area contributed by atoms with Gasteiger partial charge in [0.25, 0.3) is 5.91 Å². The first kappa shape index (κ1) is 20.5. The molecule has 0 bridgehead atoms. The van der Waals surface area contributed by atoms with Gasteiger partial charge in [-0.3, -0.25) is 14.6 Å². The van der Waals surface area contributed by atoms with E-state index in [9.17, 15) is 9.59 Å². The van der Waals surface area contributed by atoms with Crippen LogP contribution in [0.5, 0.6) is 0 Å². The molecule has 0 saturated carbocycles. The summed E-state index contributed by atoms with van der Waals surface area (Å²) < 4.78 is 0. The van der Waals surface area contributed by atoms with E-state index in [1.807, 2.05) is 56.3 Å². The number of aryl methyl sites for hydroxylation is 2. The molecule has 5 heteroatoms. The van der Waals surface area contributed by atoms with E-state index in [0.717, 1.165) is 29.8 Å². The summed E-state index contributed by atoms with van der Waals surface area (Å²) in [5, 5.41) is 0. The molecule has 3 atom stereocenters. The quantitative estimate of drug-likeness (QED) is 0.615. The summed E-state index contributed by atoms with van der Waals surface area (Å²) in [5.74, 6) is -1.01. The second-order valence-electron chi connectivity index (χ2n) is 8.40. The molecule has 2 aromatic carbocycles. The maximum absolute atomic E-state index is 13.6. The van der Waals surface area contributed by atoms with Crippen LogP contribution in [0.4, 0.5) is 5.69 Å². The molecule has 0 radical (unpaired) electrons. The Hall–Kier alpha value is -2.79. The molecule has 1 N–H and O–H groups in total. The standard InChI is InChI=1S/C25H29N3O2/c1-4-27-14-8-11-19(27)15-26-16-22-20-12-5-6-13-21(20)24(29)28(25(22)30)23-17(2)9-7-10-18(23)3/h5-7,9-10,12-13,16,19,22H,4,8,11,14-15H2,1-3H3/p+1/t19-,22?/m0/s1. The maximum atomic E-state index is 13.6. The minimum absolute atomic E-state index is 0.217. The molecule has 2 heterocycles. The van der Waals surface area contributed by atoms with Gasteiger partial charge in [0.2, 0.25) is 5.91 Å². The molecule has 2 unspecified atom stereocenters. The molecule has 0 aliphatic carbocycles. The van der Waals surface area contributed by atoms with Gasteiger partial charge < -0.3 is 4.90 Å². The van der Waals surface area contributed by atoms with Crippen LogP contribution >= 0.6 is 0 Å². The maximum Gasteiger partial charge on any atom is 0.265 e. The van der Waals surface area contributed by atoms with Crippen molar-refractivity contribution in [2.24, 2.45) is 4.99 Å². The van der Waals surface area contributed by atoms with E-state index in [0.29, 0.717) is 17.3 Å².